The molecule has 0 fully saturated rings. The second kappa shape index (κ2) is 9.01. The third kappa shape index (κ3) is 6.51. The number of carbonyl (C=O) groups is 1. The van der Waals surface area contributed by atoms with Gasteiger partial charge in [-0.05, 0) is 52.2 Å². The largest absolute Gasteiger partial charge is 0.492 e. The second-order valence-electron chi connectivity index (χ2n) is 5.58. The number of ether oxygens (including phenoxy) is 1. The van der Waals surface area contributed by atoms with Gasteiger partial charge in [0.15, 0.2) is 9.84 Å². The summed E-state index contributed by atoms with van der Waals surface area (Å²) in [6.07, 6.45) is 2.14. The van der Waals surface area contributed by atoms with Gasteiger partial charge in [-0.1, -0.05) is 24.3 Å². The Balaban J connectivity index is 1.69. The molecule has 134 valence electrons. The highest BCUT2D eigenvalue weighted by atomic mass is 79.9. The zero-order chi connectivity index (χ0) is 18.3. The molecule has 2 rings (SSSR count). The summed E-state index contributed by atoms with van der Waals surface area (Å²) in [7, 11) is -3.20. The minimum absolute atomic E-state index is 0.0667. The Kier molecular flexibility index (Phi) is 7.01. The molecule has 0 aliphatic rings. The first kappa shape index (κ1) is 19.5. The monoisotopic (exact) mass is 425 g/mol. The molecule has 0 spiro atoms. The molecule has 25 heavy (non-hydrogen) atoms. The summed E-state index contributed by atoms with van der Waals surface area (Å²) in [5, 5.41) is 2.81. The van der Waals surface area contributed by atoms with E-state index in [4.69, 9.17) is 4.74 Å². The number of hydrogen-bond acceptors (Lipinski definition) is 4. The van der Waals surface area contributed by atoms with Gasteiger partial charge < -0.3 is 10.1 Å². The van der Waals surface area contributed by atoms with Crippen LogP contribution in [0.1, 0.15) is 18.4 Å². The van der Waals surface area contributed by atoms with E-state index in [2.05, 4.69) is 21.2 Å². The summed E-state index contributed by atoms with van der Waals surface area (Å²) in [5.41, 5.74) is 0.852. The topological polar surface area (TPSA) is 72.5 Å². The molecular formula is C18H20BrNO4S. The Morgan fingerprint density at radius 3 is 2.44 bits per heavy atom. The lowest BCUT2D eigenvalue weighted by molar-refractivity contribution is -0.121. The molecule has 0 aliphatic carbocycles. The number of nitrogens with one attached hydrogen (secondary N) is 1. The zero-order valence-corrected chi connectivity index (χ0v) is 16.3. The van der Waals surface area contributed by atoms with Crippen LogP contribution in [-0.2, 0) is 21.2 Å². The second-order valence-corrected chi connectivity index (χ2v) is 8.45. The van der Waals surface area contributed by atoms with Crippen molar-refractivity contribution in [3.63, 3.8) is 0 Å². The fourth-order valence-electron chi connectivity index (χ4n) is 2.12. The van der Waals surface area contributed by atoms with E-state index in [-0.39, 0.29) is 10.8 Å². The summed E-state index contributed by atoms with van der Waals surface area (Å²) in [4.78, 5) is 12.1. The molecule has 0 aromatic heterocycles. The molecule has 0 bridgehead atoms. The number of rotatable bonds is 8. The summed E-state index contributed by atoms with van der Waals surface area (Å²) in [6.45, 7) is 0.826. The van der Waals surface area contributed by atoms with Crippen LogP contribution in [0.4, 0.5) is 0 Å². The van der Waals surface area contributed by atoms with Crippen LogP contribution in [0.25, 0.3) is 0 Å². The normalized spacial score (nSPS) is 11.1. The smallest absolute Gasteiger partial charge is 0.220 e. The molecule has 0 radical (unpaired) electrons. The molecule has 5 nitrogen and oxygen atoms in total. The maximum Gasteiger partial charge on any atom is 0.220 e. The Bertz CT molecular complexity index is 819. The molecule has 0 heterocycles. The molecular weight excluding hydrogens is 406 g/mol. The number of para-hydroxylation sites is 1. The molecule has 0 aliphatic heterocycles. The minimum atomic E-state index is -3.20. The molecule has 2 aromatic carbocycles. The number of carbonyl (C=O) groups excluding carboxylic acids is 1. The number of halogens is 1. The van der Waals surface area contributed by atoms with Gasteiger partial charge in [-0.2, -0.15) is 0 Å². The van der Waals surface area contributed by atoms with Crippen molar-refractivity contribution in [3.05, 3.63) is 58.6 Å². The Morgan fingerprint density at radius 2 is 1.80 bits per heavy atom. The standard InChI is InChI=1S/C18H20BrNO4S/c1-25(22,23)15-10-8-14(9-11-15)13-20-18(21)7-4-12-24-17-6-3-2-5-16(17)19/h2-3,5-6,8-11H,4,7,12-13H2,1H3,(H,20,21). The number of benzene rings is 2. The quantitative estimate of drug-likeness (QED) is 0.658. The van der Waals surface area contributed by atoms with Gasteiger partial charge in [-0.3, -0.25) is 4.79 Å². The Morgan fingerprint density at radius 1 is 1.12 bits per heavy atom. The van der Waals surface area contributed by atoms with Gasteiger partial charge in [0.05, 0.1) is 16.0 Å². The molecule has 0 atom stereocenters. The van der Waals surface area contributed by atoms with Crippen molar-refractivity contribution in [2.24, 2.45) is 0 Å². The average molecular weight is 426 g/mol. The van der Waals surface area contributed by atoms with Crippen LogP contribution in [0.3, 0.4) is 0 Å². The van der Waals surface area contributed by atoms with Gasteiger partial charge in [-0.25, -0.2) is 8.42 Å². The molecule has 2 aromatic rings. The highest BCUT2D eigenvalue weighted by molar-refractivity contribution is 9.10. The van der Waals surface area contributed by atoms with E-state index in [9.17, 15) is 13.2 Å². The van der Waals surface area contributed by atoms with Gasteiger partial charge in [0.1, 0.15) is 5.75 Å². The molecule has 1 N–H and O–H groups in total. The van der Waals surface area contributed by atoms with E-state index in [1.165, 1.54) is 6.26 Å². The number of hydrogen-bond donors (Lipinski definition) is 1. The summed E-state index contributed by atoms with van der Waals surface area (Å²) >= 11 is 3.40. The molecule has 7 heteroatoms. The lowest BCUT2D eigenvalue weighted by Crippen LogP contribution is -2.23. The first-order valence-corrected chi connectivity index (χ1v) is 10.5. The van der Waals surface area contributed by atoms with Gasteiger partial charge in [-0.15, -0.1) is 0 Å². The SMILES string of the molecule is CS(=O)(=O)c1ccc(CNC(=O)CCCOc2ccccc2Br)cc1. The van der Waals surface area contributed by atoms with Crippen molar-refractivity contribution in [1.82, 2.24) is 5.32 Å². The Hall–Kier alpha value is -1.86. The van der Waals surface area contributed by atoms with Crippen molar-refractivity contribution >= 4 is 31.7 Å². The fraction of sp³-hybridized carbons (Fsp3) is 0.278. The van der Waals surface area contributed by atoms with Gasteiger partial charge in [0.25, 0.3) is 0 Å². The van der Waals surface area contributed by atoms with E-state index >= 15 is 0 Å². The van der Waals surface area contributed by atoms with Crippen LogP contribution in [0, 0.1) is 0 Å². The third-order valence-electron chi connectivity index (χ3n) is 3.48. The maximum absolute atomic E-state index is 11.8. The maximum atomic E-state index is 11.8. The third-order valence-corrected chi connectivity index (χ3v) is 5.27. The summed E-state index contributed by atoms with van der Waals surface area (Å²) < 4.78 is 29.3. The zero-order valence-electron chi connectivity index (χ0n) is 13.9. The highest BCUT2D eigenvalue weighted by Gasteiger charge is 2.07. The average Bonchev–Trinajstić information content (AvgIpc) is 2.58. The minimum Gasteiger partial charge on any atom is -0.492 e. The fourth-order valence-corrected chi connectivity index (χ4v) is 3.15. The van der Waals surface area contributed by atoms with Gasteiger partial charge in [0.2, 0.25) is 5.91 Å². The van der Waals surface area contributed by atoms with Crippen LogP contribution in [0.15, 0.2) is 57.9 Å². The Labute approximate surface area is 156 Å². The van der Waals surface area contributed by atoms with Crippen molar-refractivity contribution < 1.29 is 17.9 Å². The van der Waals surface area contributed by atoms with Gasteiger partial charge >= 0.3 is 0 Å². The number of amides is 1. The van der Waals surface area contributed by atoms with Crippen LogP contribution in [0.2, 0.25) is 0 Å². The predicted octanol–water partition coefficient (Wildman–Crippen LogP) is 3.33. The van der Waals surface area contributed by atoms with E-state index in [1.807, 2.05) is 24.3 Å². The van der Waals surface area contributed by atoms with Crippen molar-refractivity contribution in [2.75, 3.05) is 12.9 Å². The lowest BCUT2D eigenvalue weighted by Gasteiger charge is -2.08. The molecule has 0 saturated carbocycles. The van der Waals surface area contributed by atoms with Crippen molar-refractivity contribution in [1.29, 1.82) is 0 Å². The molecule has 1 amide bonds. The van der Waals surface area contributed by atoms with Crippen LogP contribution >= 0.6 is 15.9 Å². The number of sulfone groups is 1. The summed E-state index contributed by atoms with van der Waals surface area (Å²) in [5.74, 6) is 0.691. The predicted molar refractivity (Wildman–Crippen MR) is 100 cm³/mol. The van der Waals surface area contributed by atoms with Gasteiger partial charge in [0, 0.05) is 19.2 Å². The first-order valence-electron chi connectivity index (χ1n) is 7.79. The van der Waals surface area contributed by atoms with Crippen molar-refractivity contribution in [3.8, 4) is 5.75 Å². The van der Waals surface area contributed by atoms with Crippen molar-refractivity contribution in [2.45, 2.75) is 24.3 Å². The van der Waals surface area contributed by atoms with Crippen LogP contribution in [0.5, 0.6) is 5.75 Å². The van der Waals surface area contributed by atoms with E-state index in [0.717, 1.165) is 15.8 Å². The lowest BCUT2D eigenvalue weighted by atomic mass is 10.2. The highest BCUT2D eigenvalue weighted by Crippen LogP contribution is 2.23. The van der Waals surface area contributed by atoms with Crippen LogP contribution < -0.4 is 10.1 Å². The van der Waals surface area contributed by atoms with E-state index in [1.54, 1.807) is 24.3 Å². The first-order chi connectivity index (χ1) is 11.9. The summed E-state index contributed by atoms with van der Waals surface area (Å²) in [6, 6.07) is 14.1. The van der Waals surface area contributed by atoms with E-state index in [0.29, 0.717) is 26.0 Å². The molecule has 0 saturated heterocycles. The van der Waals surface area contributed by atoms with E-state index < -0.39 is 9.84 Å². The van der Waals surface area contributed by atoms with Crippen LogP contribution in [-0.4, -0.2) is 27.2 Å². The molecule has 0 unspecified atom stereocenters.